The predicted octanol–water partition coefficient (Wildman–Crippen LogP) is 2.85. The van der Waals surface area contributed by atoms with Crippen molar-refractivity contribution < 1.29 is 27.4 Å². The van der Waals surface area contributed by atoms with Gasteiger partial charge in [-0.15, -0.1) is 15.3 Å². The van der Waals surface area contributed by atoms with E-state index in [2.05, 4.69) is 15.3 Å². The molecular formula is C21H19F3N6O3. The van der Waals surface area contributed by atoms with Crippen LogP contribution in [0.2, 0.25) is 0 Å². The minimum Gasteiger partial charge on any atom is -0.490 e. The molecule has 0 aliphatic carbocycles. The summed E-state index contributed by atoms with van der Waals surface area (Å²) in [6.45, 7) is 1.17. The lowest BCUT2D eigenvalue weighted by atomic mass is 9.97. The highest BCUT2D eigenvalue weighted by Gasteiger charge is 2.38. The molecule has 1 aliphatic rings. The van der Waals surface area contributed by atoms with Crippen LogP contribution in [0.3, 0.4) is 0 Å². The van der Waals surface area contributed by atoms with Gasteiger partial charge < -0.3 is 14.4 Å². The second-order valence-corrected chi connectivity index (χ2v) is 7.40. The number of carbonyl (C=O) groups is 1. The average molecular weight is 460 g/mol. The summed E-state index contributed by atoms with van der Waals surface area (Å²) >= 11 is 0. The van der Waals surface area contributed by atoms with Crippen LogP contribution in [0.1, 0.15) is 24.2 Å². The number of hydrogen-bond donors (Lipinski definition) is 0. The number of anilines is 1. The summed E-state index contributed by atoms with van der Waals surface area (Å²) in [4.78, 5) is 14.2. The third kappa shape index (κ3) is 5.14. The first kappa shape index (κ1) is 22.3. The van der Waals surface area contributed by atoms with E-state index in [4.69, 9.17) is 14.7 Å². The fourth-order valence-electron chi connectivity index (χ4n) is 3.51. The van der Waals surface area contributed by atoms with Crippen molar-refractivity contribution in [2.75, 3.05) is 31.2 Å². The number of hydrogen-bond acceptors (Lipinski definition) is 8. The number of benzene rings is 1. The zero-order chi connectivity index (χ0) is 23.4. The summed E-state index contributed by atoms with van der Waals surface area (Å²) in [6, 6.07) is 11.6. The number of carbonyl (C=O) groups excluding carboxylic acids is 1. The maximum Gasteiger partial charge on any atom is 0.453 e. The highest BCUT2D eigenvalue weighted by atomic mass is 19.4. The molecule has 3 heterocycles. The zero-order valence-electron chi connectivity index (χ0n) is 17.3. The van der Waals surface area contributed by atoms with E-state index in [-0.39, 0.29) is 30.7 Å². The van der Waals surface area contributed by atoms with E-state index in [1.807, 2.05) is 11.0 Å². The van der Waals surface area contributed by atoms with E-state index in [0.29, 0.717) is 47.6 Å². The number of alkyl halides is 3. The van der Waals surface area contributed by atoms with Crippen molar-refractivity contribution in [3.63, 3.8) is 0 Å². The first-order chi connectivity index (χ1) is 15.8. The van der Waals surface area contributed by atoms with E-state index >= 15 is 0 Å². The first-order valence-corrected chi connectivity index (χ1v) is 10.2. The van der Waals surface area contributed by atoms with Crippen molar-refractivity contribution in [2.45, 2.75) is 19.0 Å². The van der Waals surface area contributed by atoms with Crippen molar-refractivity contribution in [1.29, 1.82) is 5.26 Å². The van der Waals surface area contributed by atoms with Crippen LogP contribution in [0.15, 0.2) is 36.4 Å². The first-order valence-electron chi connectivity index (χ1n) is 10.2. The summed E-state index contributed by atoms with van der Waals surface area (Å²) in [5.41, 5.74) is 0.533. The van der Waals surface area contributed by atoms with Crippen LogP contribution in [0.4, 0.5) is 19.0 Å². The summed E-state index contributed by atoms with van der Waals surface area (Å²) in [5.74, 6) is -0.888. The van der Waals surface area contributed by atoms with Crippen LogP contribution in [0, 0.1) is 17.2 Å². The number of fused-ring (bicyclic) bond motifs is 1. The van der Waals surface area contributed by atoms with Gasteiger partial charge in [-0.3, -0.25) is 4.79 Å². The maximum absolute atomic E-state index is 13.1. The number of piperidine rings is 1. The Hall–Kier alpha value is -3.88. The quantitative estimate of drug-likeness (QED) is 0.409. The highest BCUT2D eigenvalue weighted by Crippen LogP contribution is 2.29. The summed E-state index contributed by atoms with van der Waals surface area (Å²) in [7, 11) is 0. The Labute approximate surface area is 186 Å². The number of halogens is 3. The molecule has 0 bridgehead atoms. The van der Waals surface area contributed by atoms with Crippen molar-refractivity contribution in [3.8, 4) is 11.8 Å². The number of nitrogens with zero attached hydrogens (tertiary/aromatic N) is 6. The van der Waals surface area contributed by atoms with Gasteiger partial charge in [-0.25, -0.2) is 0 Å². The van der Waals surface area contributed by atoms with Crippen LogP contribution in [-0.4, -0.2) is 52.1 Å². The van der Waals surface area contributed by atoms with Crippen LogP contribution in [0.5, 0.6) is 5.75 Å². The third-order valence-corrected chi connectivity index (χ3v) is 5.23. The summed E-state index contributed by atoms with van der Waals surface area (Å²) in [5, 5.41) is 19.5. The Morgan fingerprint density at radius 1 is 1.09 bits per heavy atom. The largest absolute Gasteiger partial charge is 0.490 e. The molecule has 2 aromatic heterocycles. The molecule has 172 valence electrons. The lowest BCUT2D eigenvalue weighted by Gasteiger charge is -2.31. The molecule has 1 fully saturated rings. The molecule has 12 heteroatoms. The molecule has 1 saturated heterocycles. The van der Waals surface area contributed by atoms with E-state index < -0.39 is 12.0 Å². The molecule has 0 unspecified atom stereocenters. The SMILES string of the molecule is N#Cc1ccc(OCCOC(=O)C2CCN(c3ccc4nnc(C(F)(F)F)n4n3)CC2)cc1. The smallest absolute Gasteiger partial charge is 0.453 e. The number of ether oxygens (including phenoxy) is 2. The maximum atomic E-state index is 13.1. The van der Waals surface area contributed by atoms with E-state index in [0.717, 1.165) is 0 Å². The lowest BCUT2D eigenvalue weighted by molar-refractivity contribution is -0.150. The molecule has 0 radical (unpaired) electrons. The molecule has 0 atom stereocenters. The molecule has 0 N–H and O–H groups in total. The van der Waals surface area contributed by atoms with Gasteiger partial charge in [0.15, 0.2) is 5.65 Å². The third-order valence-electron chi connectivity index (χ3n) is 5.23. The summed E-state index contributed by atoms with van der Waals surface area (Å²) in [6.07, 6.45) is -3.68. The van der Waals surface area contributed by atoms with Crippen molar-refractivity contribution >= 4 is 17.4 Å². The monoisotopic (exact) mass is 460 g/mol. The summed E-state index contributed by atoms with van der Waals surface area (Å²) < 4.78 is 50.7. The molecule has 1 aromatic carbocycles. The van der Waals surface area contributed by atoms with Gasteiger partial charge in [0.05, 0.1) is 17.6 Å². The molecule has 0 saturated carbocycles. The van der Waals surface area contributed by atoms with Gasteiger partial charge in [0.1, 0.15) is 24.8 Å². The van der Waals surface area contributed by atoms with Gasteiger partial charge in [0, 0.05) is 13.1 Å². The molecule has 33 heavy (non-hydrogen) atoms. The van der Waals surface area contributed by atoms with Gasteiger partial charge in [-0.2, -0.15) is 22.9 Å². The van der Waals surface area contributed by atoms with Gasteiger partial charge in [-0.05, 0) is 49.2 Å². The minimum absolute atomic E-state index is 0.00719. The van der Waals surface area contributed by atoms with Crippen molar-refractivity contribution in [2.24, 2.45) is 5.92 Å². The molecule has 1 aliphatic heterocycles. The van der Waals surface area contributed by atoms with E-state index in [9.17, 15) is 18.0 Å². The van der Waals surface area contributed by atoms with Crippen molar-refractivity contribution in [1.82, 2.24) is 19.8 Å². The molecule has 9 nitrogen and oxygen atoms in total. The molecule has 4 rings (SSSR count). The van der Waals surface area contributed by atoms with E-state index in [1.54, 1.807) is 30.3 Å². The molecule has 0 amide bonds. The van der Waals surface area contributed by atoms with E-state index in [1.165, 1.54) is 6.07 Å². The van der Waals surface area contributed by atoms with Gasteiger partial charge in [0.2, 0.25) is 0 Å². The molecular weight excluding hydrogens is 441 g/mol. The van der Waals surface area contributed by atoms with Gasteiger partial charge >= 0.3 is 12.1 Å². The second kappa shape index (κ2) is 9.32. The fourth-order valence-corrected chi connectivity index (χ4v) is 3.51. The highest BCUT2D eigenvalue weighted by molar-refractivity contribution is 5.72. The van der Waals surface area contributed by atoms with Crippen LogP contribution in [-0.2, 0) is 15.7 Å². The number of esters is 1. The molecule has 3 aromatic rings. The molecule has 0 spiro atoms. The van der Waals surface area contributed by atoms with Gasteiger partial charge in [0.25, 0.3) is 5.82 Å². The number of nitriles is 1. The Bertz CT molecular complexity index is 1160. The topological polar surface area (TPSA) is 106 Å². The van der Waals surface area contributed by atoms with Crippen molar-refractivity contribution in [3.05, 3.63) is 47.8 Å². The standard InChI is InChI=1S/C21H19F3N6O3/c22-21(23,24)20-27-26-17-5-6-18(28-30(17)20)29-9-7-15(8-10-29)19(31)33-12-11-32-16-3-1-14(13-25)2-4-16/h1-6,15H,7-12H2. The van der Waals surface area contributed by atoms with Crippen LogP contribution in [0.25, 0.3) is 5.65 Å². The normalized spacial score (nSPS) is 14.8. The zero-order valence-corrected chi connectivity index (χ0v) is 17.3. The fraction of sp³-hybridized carbons (Fsp3) is 0.381. The predicted molar refractivity (Wildman–Crippen MR) is 108 cm³/mol. The second-order valence-electron chi connectivity index (χ2n) is 7.40. The Morgan fingerprint density at radius 3 is 2.48 bits per heavy atom. The number of rotatable bonds is 6. The Balaban J connectivity index is 1.26. The minimum atomic E-state index is -4.66. The lowest BCUT2D eigenvalue weighted by Crippen LogP contribution is -2.38. The van der Waals surface area contributed by atoms with Gasteiger partial charge in [-0.1, -0.05) is 0 Å². The Kier molecular flexibility index (Phi) is 6.30. The van der Waals surface area contributed by atoms with Crippen LogP contribution < -0.4 is 9.64 Å². The average Bonchev–Trinajstić information content (AvgIpc) is 3.26. The Morgan fingerprint density at radius 2 is 1.82 bits per heavy atom. The number of aromatic nitrogens is 4. The van der Waals surface area contributed by atoms with Crippen LogP contribution >= 0.6 is 0 Å².